The lowest BCUT2D eigenvalue weighted by Gasteiger charge is -2.26. The SMILES string of the molecule is CC/C=C\C/C=C\C/C=C\C/C=C\C/C=C\CCCCCCCCCCCCCCCCCCCCCCCCCCCC(=O)OC(COC(=O)CCCCCCCCCCCCCC/C=C\C/C=C\C/C=C\C/C=C\CC)COC(OCC[N+](C)(C)C)C(=O)[O-]. The minimum atomic E-state index is -1.63. The van der Waals surface area contributed by atoms with E-state index in [0.717, 1.165) is 89.9 Å². The van der Waals surface area contributed by atoms with Gasteiger partial charge < -0.3 is 33.3 Å². The molecule has 0 bridgehead atoms. The summed E-state index contributed by atoms with van der Waals surface area (Å²) in [5.74, 6) is -2.27. The Morgan fingerprint density at radius 1 is 0.330 bits per heavy atom. The van der Waals surface area contributed by atoms with Crippen molar-refractivity contribution in [1.82, 2.24) is 0 Å². The van der Waals surface area contributed by atoms with Crippen LogP contribution in [-0.2, 0) is 33.3 Å². The normalized spacial score (nSPS) is 13.3. The largest absolute Gasteiger partial charge is 0.545 e. The highest BCUT2D eigenvalue weighted by atomic mass is 16.7. The monoisotopic (exact) mass is 1270 g/mol. The number of ether oxygens (including phenoxy) is 4. The topological polar surface area (TPSA) is 111 Å². The highest BCUT2D eigenvalue weighted by Gasteiger charge is 2.22. The maximum absolute atomic E-state index is 13.0. The van der Waals surface area contributed by atoms with Crippen molar-refractivity contribution in [3.8, 4) is 0 Å². The molecule has 0 fully saturated rings. The number of likely N-dealkylation sites (N-methyl/N-ethyl adjacent to an activating group) is 1. The van der Waals surface area contributed by atoms with Crippen LogP contribution in [0.5, 0.6) is 0 Å². The Bertz CT molecular complexity index is 1870. The zero-order chi connectivity index (χ0) is 66.1. The Morgan fingerprint density at radius 3 is 0.879 bits per heavy atom. The molecule has 9 heteroatoms. The molecule has 0 radical (unpaired) electrons. The van der Waals surface area contributed by atoms with Crippen molar-refractivity contribution < 1.29 is 42.9 Å². The molecule has 2 atom stereocenters. The van der Waals surface area contributed by atoms with E-state index in [1.165, 1.54) is 212 Å². The van der Waals surface area contributed by atoms with E-state index in [1.54, 1.807) is 0 Å². The molecule has 9 nitrogen and oxygen atoms in total. The number of carboxylic acids is 1. The van der Waals surface area contributed by atoms with Crippen LogP contribution in [0.4, 0.5) is 0 Å². The minimum absolute atomic E-state index is 0.146. The van der Waals surface area contributed by atoms with Gasteiger partial charge in [0.25, 0.3) is 0 Å². The van der Waals surface area contributed by atoms with Gasteiger partial charge in [-0.3, -0.25) is 9.59 Å². The van der Waals surface area contributed by atoms with Gasteiger partial charge in [-0.15, -0.1) is 0 Å². The fraction of sp³-hybridized carbons (Fsp3) is 0.744. The Morgan fingerprint density at radius 2 is 0.593 bits per heavy atom. The molecule has 0 aromatic heterocycles. The number of nitrogens with zero attached hydrogens (tertiary/aromatic N) is 1. The number of carbonyl (C=O) groups is 3. The molecular formula is C82H143NO8. The number of esters is 2. The van der Waals surface area contributed by atoms with E-state index in [0.29, 0.717) is 17.4 Å². The smallest absolute Gasteiger partial charge is 0.306 e. The van der Waals surface area contributed by atoms with Crippen molar-refractivity contribution in [3.63, 3.8) is 0 Å². The lowest BCUT2D eigenvalue weighted by Crippen LogP contribution is -2.44. The lowest BCUT2D eigenvalue weighted by molar-refractivity contribution is -0.870. The van der Waals surface area contributed by atoms with Gasteiger partial charge in [0, 0.05) is 12.8 Å². The van der Waals surface area contributed by atoms with Gasteiger partial charge in [-0.25, -0.2) is 0 Å². The number of carbonyl (C=O) groups excluding carboxylic acids is 3. The number of quaternary nitrogens is 1. The zero-order valence-electron chi connectivity index (χ0n) is 59.9. The molecule has 0 aliphatic rings. The van der Waals surface area contributed by atoms with Crippen LogP contribution in [0, 0.1) is 0 Å². The van der Waals surface area contributed by atoms with Crippen LogP contribution < -0.4 is 5.11 Å². The molecule has 0 saturated heterocycles. The summed E-state index contributed by atoms with van der Waals surface area (Å²) in [5.41, 5.74) is 0. The molecule has 0 amide bonds. The summed E-state index contributed by atoms with van der Waals surface area (Å²) in [4.78, 5) is 37.5. The number of carboxylic acid groups (broad SMARTS) is 1. The molecule has 0 aliphatic carbocycles. The van der Waals surface area contributed by atoms with Crippen molar-refractivity contribution >= 4 is 17.9 Å². The Balaban J connectivity index is 3.99. The van der Waals surface area contributed by atoms with Gasteiger partial charge in [0.1, 0.15) is 13.2 Å². The second-order valence-electron chi connectivity index (χ2n) is 26.5. The van der Waals surface area contributed by atoms with E-state index in [4.69, 9.17) is 18.9 Å². The molecule has 91 heavy (non-hydrogen) atoms. The van der Waals surface area contributed by atoms with Crippen molar-refractivity contribution in [2.75, 3.05) is 47.5 Å². The van der Waals surface area contributed by atoms with Crippen molar-refractivity contribution in [2.45, 2.75) is 347 Å². The molecule has 0 aliphatic heterocycles. The molecule has 2 unspecified atom stereocenters. The third-order valence-corrected chi connectivity index (χ3v) is 16.5. The third kappa shape index (κ3) is 73.2. The Labute approximate surface area is 562 Å². The van der Waals surface area contributed by atoms with Crippen LogP contribution in [0.3, 0.4) is 0 Å². The van der Waals surface area contributed by atoms with Crippen LogP contribution in [0.2, 0.25) is 0 Å². The van der Waals surface area contributed by atoms with Crippen LogP contribution in [0.15, 0.2) is 109 Å². The van der Waals surface area contributed by atoms with E-state index in [2.05, 4.69) is 123 Å². The van der Waals surface area contributed by atoms with Crippen LogP contribution >= 0.6 is 0 Å². The van der Waals surface area contributed by atoms with Gasteiger partial charge in [-0.2, -0.15) is 0 Å². The minimum Gasteiger partial charge on any atom is -0.545 e. The lowest BCUT2D eigenvalue weighted by atomic mass is 10.0. The molecular weight excluding hydrogens is 1130 g/mol. The van der Waals surface area contributed by atoms with Gasteiger partial charge in [0.2, 0.25) is 0 Å². The first-order chi connectivity index (χ1) is 44.6. The highest BCUT2D eigenvalue weighted by Crippen LogP contribution is 2.18. The van der Waals surface area contributed by atoms with Gasteiger partial charge in [-0.1, -0.05) is 335 Å². The predicted molar refractivity (Wildman–Crippen MR) is 389 cm³/mol. The van der Waals surface area contributed by atoms with Crippen LogP contribution in [-0.4, -0.2) is 82.3 Å². The Kier molecular flexibility index (Phi) is 68.6. The van der Waals surface area contributed by atoms with Gasteiger partial charge in [0.05, 0.1) is 40.3 Å². The Hall–Kier alpha value is -4.05. The maximum Gasteiger partial charge on any atom is 0.306 e. The van der Waals surface area contributed by atoms with Crippen LogP contribution in [0.25, 0.3) is 0 Å². The summed E-state index contributed by atoms with van der Waals surface area (Å²) >= 11 is 0. The summed E-state index contributed by atoms with van der Waals surface area (Å²) in [7, 11) is 5.94. The standard InChI is InChI=1S/C82H143NO8/c1-6-8-10-12-14-16-18-20-22-24-26-28-30-32-33-34-35-36-37-38-39-40-41-42-43-44-45-46-47-49-51-53-55-57-59-61-63-65-67-69-71-73-80(85)91-78(77-90-82(81(86)87)88-75-74-83(3,4)5)76-89-79(84)72-70-68-66-64-62-60-58-56-54-52-50-48-31-29-27-25-23-21-19-17-15-13-11-9-7-2/h8-11,14-17,20-23,26-29,32-33,78,82H,6-7,12-13,18-19,24-25,30-31,34-77H2,1-5H3/b10-8-,11-9-,16-14-,17-15-,22-20-,23-21-,28-26-,29-27-,33-32-. The number of aliphatic carboxylic acids is 1. The van der Waals surface area contributed by atoms with Crippen molar-refractivity contribution in [1.29, 1.82) is 0 Å². The fourth-order valence-electron chi connectivity index (χ4n) is 10.8. The molecule has 0 N–H and O–H groups in total. The second-order valence-corrected chi connectivity index (χ2v) is 26.5. The fourth-order valence-corrected chi connectivity index (χ4v) is 10.8. The number of allylic oxidation sites excluding steroid dienone is 18. The van der Waals surface area contributed by atoms with E-state index in [-0.39, 0.29) is 38.6 Å². The zero-order valence-corrected chi connectivity index (χ0v) is 59.9. The molecule has 0 aromatic rings. The molecule has 0 rings (SSSR count). The van der Waals surface area contributed by atoms with Gasteiger partial charge in [-0.05, 0) is 96.3 Å². The van der Waals surface area contributed by atoms with E-state index in [9.17, 15) is 19.5 Å². The number of unbranched alkanes of at least 4 members (excludes halogenated alkanes) is 37. The first-order valence-electron chi connectivity index (χ1n) is 38.0. The molecule has 524 valence electrons. The molecule has 0 spiro atoms. The third-order valence-electron chi connectivity index (χ3n) is 16.5. The number of rotatable bonds is 70. The molecule has 0 aromatic carbocycles. The van der Waals surface area contributed by atoms with E-state index >= 15 is 0 Å². The molecule has 0 saturated carbocycles. The first kappa shape index (κ1) is 87.0. The van der Waals surface area contributed by atoms with Gasteiger partial charge >= 0.3 is 11.9 Å². The average Bonchev–Trinajstić information content (AvgIpc) is 3.53. The summed E-state index contributed by atoms with van der Waals surface area (Å²) in [6.45, 7) is 4.56. The summed E-state index contributed by atoms with van der Waals surface area (Å²) in [6, 6.07) is 0. The van der Waals surface area contributed by atoms with Crippen molar-refractivity contribution in [2.24, 2.45) is 0 Å². The summed E-state index contributed by atoms with van der Waals surface area (Å²) in [5, 5.41) is 11.8. The number of hydrogen-bond acceptors (Lipinski definition) is 8. The quantitative estimate of drug-likeness (QED) is 0.0195. The highest BCUT2D eigenvalue weighted by molar-refractivity contribution is 5.70. The predicted octanol–water partition coefficient (Wildman–Crippen LogP) is 22.8. The van der Waals surface area contributed by atoms with Crippen molar-refractivity contribution in [3.05, 3.63) is 109 Å². The number of hydrogen-bond donors (Lipinski definition) is 0. The summed E-state index contributed by atoms with van der Waals surface area (Å²) < 4.78 is 22.8. The summed E-state index contributed by atoms with van der Waals surface area (Å²) in [6.07, 6.45) is 97.7. The average molecular weight is 1270 g/mol. The first-order valence-corrected chi connectivity index (χ1v) is 38.0. The molecule has 0 heterocycles. The second kappa shape index (κ2) is 71.8. The van der Waals surface area contributed by atoms with Crippen LogP contribution in [0.1, 0.15) is 335 Å². The maximum atomic E-state index is 13.0. The van der Waals surface area contributed by atoms with E-state index in [1.807, 2.05) is 21.1 Å². The van der Waals surface area contributed by atoms with Gasteiger partial charge in [0.15, 0.2) is 12.4 Å². The van der Waals surface area contributed by atoms with E-state index < -0.39 is 24.3 Å².